The summed E-state index contributed by atoms with van der Waals surface area (Å²) in [6, 6.07) is 6.25. The molecule has 1 aromatic rings. The van der Waals surface area contributed by atoms with E-state index in [4.69, 9.17) is 15.6 Å². The lowest BCUT2D eigenvalue weighted by Crippen LogP contribution is -2.34. The zero-order valence-corrected chi connectivity index (χ0v) is 12.4. The van der Waals surface area contributed by atoms with E-state index in [0.717, 1.165) is 5.56 Å². The smallest absolute Gasteiger partial charge is 0.305 e. The number of hydrogen-bond acceptors (Lipinski definition) is 4. The van der Waals surface area contributed by atoms with Gasteiger partial charge in [0.1, 0.15) is 5.75 Å². The summed E-state index contributed by atoms with van der Waals surface area (Å²) < 4.78 is 5.42. The molecule has 0 saturated carbocycles. The monoisotopic (exact) mass is 294 g/mol. The van der Waals surface area contributed by atoms with E-state index in [9.17, 15) is 9.59 Å². The molecule has 0 saturated heterocycles. The molecule has 21 heavy (non-hydrogen) atoms. The van der Waals surface area contributed by atoms with Gasteiger partial charge in [0.15, 0.2) is 6.61 Å². The molecule has 0 spiro atoms. The maximum Gasteiger partial charge on any atom is 0.305 e. The maximum absolute atomic E-state index is 11.8. The molecular weight excluding hydrogens is 272 g/mol. The molecule has 1 rings (SSSR count). The van der Waals surface area contributed by atoms with Crippen LogP contribution in [0.25, 0.3) is 0 Å². The molecule has 0 aliphatic rings. The van der Waals surface area contributed by atoms with Gasteiger partial charge in [-0.15, -0.1) is 0 Å². The average molecular weight is 294 g/mol. The lowest BCUT2D eigenvalue weighted by Gasteiger charge is -2.18. The summed E-state index contributed by atoms with van der Waals surface area (Å²) in [4.78, 5) is 24.1. The second-order valence-electron chi connectivity index (χ2n) is 4.63. The highest BCUT2D eigenvalue weighted by molar-refractivity contribution is 5.77. The summed E-state index contributed by atoms with van der Waals surface area (Å²) in [5.74, 6) is -0.443. The summed E-state index contributed by atoms with van der Waals surface area (Å²) in [5.41, 5.74) is 6.48. The number of carbonyl (C=O) groups is 2. The van der Waals surface area contributed by atoms with Crippen LogP contribution in [0, 0.1) is 0 Å². The first-order valence-corrected chi connectivity index (χ1v) is 6.95. The third-order valence-corrected chi connectivity index (χ3v) is 3.18. The van der Waals surface area contributed by atoms with Gasteiger partial charge in [0.2, 0.25) is 0 Å². The first-order valence-electron chi connectivity index (χ1n) is 6.95. The molecule has 116 valence electrons. The Labute approximate surface area is 124 Å². The largest absolute Gasteiger partial charge is 0.484 e. The van der Waals surface area contributed by atoms with Gasteiger partial charge in [-0.1, -0.05) is 12.1 Å². The number of carboxylic acids is 1. The summed E-state index contributed by atoms with van der Waals surface area (Å²) in [7, 11) is 0. The van der Waals surface area contributed by atoms with Crippen molar-refractivity contribution in [2.75, 3.05) is 19.7 Å². The van der Waals surface area contributed by atoms with Crippen LogP contribution in [0.5, 0.6) is 5.75 Å². The van der Waals surface area contributed by atoms with Crippen LogP contribution < -0.4 is 10.5 Å². The molecule has 0 aromatic heterocycles. The van der Waals surface area contributed by atoms with E-state index in [2.05, 4.69) is 0 Å². The Balaban J connectivity index is 2.55. The molecule has 1 atom stereocenters. The number of likely N-dealkylation sites (N-methyl/N-ethyl adjacent to an activating group) is 1. The van der Waals surface area contributed by atoms with Crippen molar-refractivity contribution >= 4 is 11.9 Å². The molecule has 1 amide bonds. The molecule has 0 aliphatic carbocycles. The van der Waals surface area contributed by atoms with Crippen molar-refractivity contribution in [2.24, 2.45) is 5.73 Å². The van der Waals surface area contributed by atoms with Crippen molar-refractivity contribution < 1.29 is 19.4 Å². The molecule has 0 radical (unpaired) electrons. The number of amides is 1. The fourth-order valence-corrected chi connectivity index (χ4v) is 1.93. The number of carbonyl (C=O) groups excluding carboxylic acids is 1. The lowest BCUT2D eigenvalue weighted by atomic mass is 10.1. The van der Waals surface area contributed by atoms with Gasteiger partial charge in [-0.05, 0) is 31.5 Å². The minimum atomic E-state index is -0.937. The van der Waals surface area contributed by atoms with Gasteiger partial charge in [0.05, 0.1) is 6.42 Å². The third kappa shape index (κ3) is 5.43. The first kappa shape index (κ1) is 17.0. The van der Waals surface area contributed by atoms with Crippen molar-refractivity contribution in [3.63, 3.8) is 0 Å². The maximum atomic E-state index is 11.8. The first-order chi connectivity index (χ1) is 9.97. The van der Waals surface area contributed by atoms with Gasteiger partial charge in [0, 0.05) is 19.1 Å². The number of benzene rings is 1. The Morgan fingerprint density at radius 1 is 1.24 bits per heavy atom. The van der Waals surface area contributed by atoms with Crippen LogP contribution in [0.15, 0.2) is 24.3 Å². The molecule has 6 heteroatoms. The highest BCUT2D eigenvalue weighted by Gasteiger charge is 2.12. The molecule has 0 aliphatic heterocycles. The number of aliphatic carboxylic acids is 1. The highest BCUT2D eigenvalue weighted by atomic mass is 16.5. The number of rotatable bonds is 8. The number of carboxylic acid groups (broad SMARTS) is 1. The normalized spacial score (nSPS) is 11.8. The van der Waals surface area contributed by atoms with Gasteiger partial charge in [-0.2, -0.15) is 0 Å². The second-order valence-corrected chi connectivity index (χ2v) is 4.63. The molecule has 0 heterocycles. The molecule has 6 nitrogen and oxygen atoms in total. The highest BCUT2D eigenvalue weighted by Crippen LogP contribution is 2.18. The van der Waals surface area contributed by atoms with Gasteiger partial charge >= 0.3 is 5.97 Å². The zero-order chi connectivity index (χ0) is 15.8. The van der Waals surface area contributed by atoms with E-state index < -0.39 is 12.0 Å². The Bertz CT molecular complexity index is 469. The quantitative estimate of drug-likeness (QED) is 0.756. The van der Waals surface area contributed by atoms with Crippen LogP contribution in [0.3, 0.4) is 0 Å². The van der Waals surface area contributed by atoms with Crippen LogP contribution in [0.1, 0.15) is 31.9 Å². The Kier molecular flexibility index (Phi) is 6.68. The van der Waals surface area contributed by atoms with E-state index in [1.807, 2.05) is 13.8 Å². The van der Waals surface area contributed by atoms with Gasteiger partial charge < -0.3 is 20.5 Å². The summed E-state index contributed by atoms with van der Waals surface area (Å²) in [6.45, 7) is 5.13. The predicted molar refractivity (Wildman–Crippen MR) is 79.0 cm³/mol. The van der Waals surface area contributed by atoms with Crippen LogP contribution in [-0.2, 0) is 9.59 Å². The van der Waals surface area contributed by atoms with Crippen LogP contribution in [-0.4, -0.2) is 41.6 Å². The van der Waals surface area contributed by atoms with Crippen LogP contribution in [0.4, 0.5) is 0 Å². The Morgan fingerprint density at radius 3 is 2.29 bits per heavy atom. The van der Waals surface area contributed by atoms with Crippen molar-refractivity contribution in [2.45, 2.75) is 26.3 Å². The molecule has 0 fully saturated rings. The zero-order valence-electron chi connectivity index (χ0n) is 12.4. The topological polar surface area (TPSA) is 92.9 Å². The van der Waals surface area contributed by atoms with Crippen molar-refractivity contribution in [1.82, 2.24) is 4.90 Å². The standard InChI is InChI=1S/C15H22N2O4/c1-3-17(4-2)14(18)10-21-12-7-5-11(6-8-12)13(16)9-15(19)20/h5-8,13H,3-4,9-10,16H2,1-2H3,(H,19,20). The molecule has 1 unspecified atom stereocenters. The summed E-state index contributed by atoms with van der Waals surface area (Å²) >= 11 is 0. The molecular formula is C15H22N2O4. The average Bonchev–Trinajstić information content (AvgIpc) is 2.46. The fourth-order valence-electron chi connectivity index (χ4n) is 1.93. The summed E-state index contributed by atoms with van der Waals surface area (Å²) in [6.07, 6.45) is -0.124. The van der Waals surface area contributed by atoms with Crippen LogP contribution in [0.2, 0.25) is 0 Å². The van der Waals surface area contributed by atoms with E-state index in [1.54, 1.807) is 29.2 Å². The lowest BCUT2D eigenvalue weighted by molar-refractivity contribution is -0.137. The van der Waals surface area contributed by atoms with Gasteiger partial charge in [-0.25, -0.2) is 0 Å². The van der Waals surface area contributed by atoms with Crippen molar-refractivity contribution in [1.29, 1.82) is 0 Å². The number of nitrogens with zero attached hydrogens (tertiary/aromatic N) is 1. The van der Waals surface area contributed by atoms with Crippen molar-refractivity contribution in [3.05, 3.63) is 29.8 Å². The summed E-state index contributed by atoms with van der Waals surface area (Å²) in [5, 5.41) is 8.70. The fraction of sp³-hybridized carbons (Fsp3) is 0.467. The van der Waals surface area contributed by atoms with E-state index in [-0.39, 0.29) is 18.9 Å². The van der Waals surface area contributed by atoms with Gasteiger partial charge in [-0.3, -0.25) is 9.59 Å². The second kappa shape index (κ2) is 8.26. The minimum Gasteiger partial charge on any atom is -0.484 e. The number of nitrogens with two attached hydrogens (primary N) is 1. The molecule has 0 bridgehead atoms. The minimum absolute atomic E-state index is 0.0117. The van der Waals surface area contributed by atoms with Gasteiger partial charge in [0.25, 0.3) is 5.91 Å². The van der Waals surface area contributed by atoms with E-state index in [0.29, 0.717) is 18.8 Å². The Morgan fingerprint density at radius 2 is 1.81 bits per heavy atom. The third-order valence-electron chi connectivity index (χ3n) is 3.18. The molecule has 3 N–H and O–H groups in total. The van der Waals surface area contributed by atoms with Crippen LogP contribution >= 0.6 is 0 Å². The predicted octanol–water partition coefficient (Wildman–Crippen LogP) is 1.41. The van der Waals surface area contributed by atoms with E-state index in [1.165, 1.54) is 0 Å². The number of ether oxygens (including phenoxy) is 1. The Hall–Kier alpha value is -2.08. The number of hydrogen-bond donors (Lipinski definition) is 2. The molecule has 1 aromatic carbocycles. The SMILES string of the molecule is CCN(CC)C(=O)COc1ccc(C(N)CC(=O)O)cc1. The van der Waals surface area contributed by atoms with Crippen molar-refractivity contribution in [3.8, 4) is 5.75 Å². The van der Waals surface area contributed by atoms with E-state index >= 15 is 0 Å².